The lowest BCUT2D eigenvalue weighted by Crippen LogP contribution is -2.27. The van der Waals surface area contributed by atoms with Gasteiger partial charge in [0.1, 0.15) is 0 Å². The SMILES string of the molecule is CC(C)C(CCN)CCC(=O)N[C@@H](C)c1cccc(Br)c1. The van der Waals surface area contributed by atoms with Crippen molar-refractivity contribution in [1.82, 2.24) is 5.32 Å². The summed E-state index contributed by atoms with van der Waals surface area (Å²) in [4.78, 5) is 12.1. The van der Waals surface area contributed by atoms with Crippen LogP contribution in [0.3, 0.4) is 0 Å². The number of halogens is 1. The second kappa shape index (κ2) is 9.21. The number of rotatable bonds is 8. The average molecular weight is 355 g/mol. The van der Waals surface area contributed by atoms with E-state index in [0.717, 1.165) is 22.9 Å². The quantitative estimate of drug-likeness (QED) is 0.740. The summed E-state index contributed by atoms with van der Waals surface area (Å²) in [5.41, 5.74) is 6.75. The molecule has 3 nitrogen and oxygen atoms in total. The van der Waals surface area contributed by atoms with E-state index in [4.69, 9.17) is 5.73 Å². The number of hydrogen-bond donors (Lipinski definition) is 2. The highest BCUT2D eigenvalue weighted by molar-refractivity contribution is 9.10. The number of benzene rings is 1. The minimum atomic E-state index is 0.0296. The van der Waals surface area contributed by atoms with Gasteiger partial charge in [0.15, 0.2) is 0 Å². The van der Waals surface area contributed by atoms with Crippen LogP contribution in [0.2, 0.25) is 0 Å². The third-order valence-corrected chi connectivity index (χ3v) is 4.44. The maximum absolute atomic E-state index is 12.1. The lowest BCUT2D eigenvalue weighted by Gasteiger charge is -2.20. The molecular formula is C17H27BrN2O. The Morgan fingerprint density at radius 1 is 1.29 bits per heavy atom. The lowest BCUT2D eigenvalue weighted by molar-refractivity contribution is -0.122. The van der Waals surface area contributed by atoms with Gasteiger partial charge in [0.25, 0.3) is 0 Å². The molecule has 1 aromatic rings. The molecule has 2 atom stereocenters. The van der Waals surface area contributed by atoms with Crippen molar-refractivity contribution in [2.75, 3.05) is 6.54 Å². The second-order valence-electron chi connectivity index (χ2n) is 5.96. The van der Waals surface area contributed by atoms with Gasteiger partial charge in [-0.05, 0) is 55.8 Å². The Hall–Kier alpha value is -0.870. The maximum atomic E-state index is 12.1. The molecular weight excluding hydrogens is 328 g/mol. The zero-order valence-corrected chi connectivity index (χ0v) is 14.8. The first kappa shape index (κ1) is 18.2. The Bertz CT molecular complexity index is 448. The van der Waals surface area contributed by atoms with E-state index in [1.54, 1.807) is 0 Å². The number of nitrogens with two attached hydrogens (primary N) is 1. The molecule has 0 heterocycles. The topological polar surface area (TPSA) is 55.1 Å². The predicted octanol–water partition coefficient (Wildman–Crippen LogP) is 4.03. The van der Waals surface area contributed by atoms with Gasteiger partial charge in [-0.15, -0.1) is 0 Å². The molecule has 0 aliphatic carbocycles. The first-order chi connectivity index (χ1) is 9.93. The van der Waals surface area contributed by atoms with Gasteiger partial charge < -0.3 is 11.1 Å². The van der Waals surface area contributed by atoms with Gasteiger partial charge in [0, 0.05) is 10.9 Å². The molecule has 4 heteroatoms. The van der Waals surface area contributed by atoms with Gasteiger partial charge in [0.2, 0.25) is 5.91 Å². The molecule has 0 bridgehead atoms. The number of carbonyl (C=O) groups excluding carboxylic acids is 1. The third kappa shape index (κ3) is 6.62. The minimum absolute atomic E-state index is 0.0296. The number of nitrogens with one attached hydrogen (secondary N) is 1. The molecule has 21 heavy (non-hydrogen) atoms. The summed E-state index contributed by atoms with van der Waals surface area (Å²) in [6.07, 6.45) is 2.47. The first-order valence-electron chi connectivity index (χ1n) is 7.69. The van der Waals surface area contributed by atoms with Crippen molar-refractivity contribution in [1.29, 1.82) is 0 Å². The van der Waals surface area contributed by atoms with Crippen LogP contribution in [0.25, 0.3) is 0 Å². The molecule has 0 radical (unpaired) electrons. The summed E-state index contributed by atoms with van der Waals surface area (Å²) in [5.74, 6) is 1.22. The van der Waals surface area contributed by atoms with Gasteiger partial charge in [-0.1, -0.05) is 41.9 Å². The summed E-state index contributed by atoms with van der Waals surface area (Å²) in [6, 6.07) is 8.06. The summed E-state index contributed by atoms with van der Waals surface area (Å²) in [7, 11) is 0. The van der Waals surface area contributed by atoms with Gasteiger partial charge in [-0.25, -0.2) is 0 Å². The monoisotopic (exact) mass is 354 g/mol. The Morgan fingerprint density at radius 2 is 2.00 bits per heavy atom. The van der Waals surface area contributed by atoms with E-state index >= 15 is 0 Å². The van der Waals surface area contributed by atoms with E-state index in [9.17, 15) is 4.79 Å². The fraction of sp³-hybridized carbons (Fsp3) is 0.588. The number of amides is 1. The Balaban J connectivity index is 2.46. The Labute approximate surface area is 136 Å². The number of carbonyl (C=O) groups is 1. The van der Waals surface area contributed by atoms with Gasteiger partial charge in [0.05, 0.1) is 6.04 Å². The van der Waals surface area contributed by atoms with Crippen molar-refractivity contribution < 1.29 is 4.79 Å². The molecule has 0 aliphatic heterocycles. The fourth-order valence-electron chi connectivity index (χ4n) is 2.51. The molecule has 118 valence electrons. The van der Waals surface area contributed by atoms with Crippen LogP contribution < -0.4 is 11.1 Å². The normalized spacial score (nSPS) is 14.0. The van der Waals surface area contributed by atoms with E-state index in [1.807, 2.05) is 31.2 Å². The summed E-state index contributed by atoms with van der Waals surface area (Å²) in [6.45, 7) is 7.10. The largest absolute Gasteiger partial charge is 0.350 e. The molecule has 1 unspecified atom stereocenters. The highest BCUT2D eigenvalue weighted by Crippen LogP contribution is 2.21. The van der Waals surface area contributed by atoms with Gasteiger partial charge >= 0.3 is 0 Å². The highest BCUT2D eigenvalue weighted by Gasteiger charge is 2.15. The fourth-order valence-corrected chi connectivity index (χ4v) is 2.93. The molecule has 0 saturated heterocycles. The van der Waals surface area contributed by atoms with Crippen LogP contribution in [0.1, 0.15) is 51.6 Å². The van der Waals surface area contributed by atoms with E-state index < -0.39 is 0 Å². The zero-order valence-electron chi connectivity index (χ0n) is 13.2. The standard InChI is InChI=1S/C17H27BrN2O/c1-12(2)14(9-10-19)7-8-17(21)20-13(3)15-5-4-6-16(18)11-15/h4-6,11-14H,7-10,19H2,1-3H3,(H,20,21)/t13-,14?/m0/s1. The van der Waals surface area contributed by atoms with Crippen LogP contribution in [-0.2, 0) is 4.79 Å². The lowest BCUT2D eigenvalue weighted by atomic mass is 9.88. The van der Waals surface area contributed by atoms with Crippen molar-refractivity contribution in [3.05, 3.63) is 34.3 Å². The molecule has 0 aliphatic rings. The second-order valence-corrected chi connectivity index (χ2v) is 6.88. The van der Waals surface area contributed by atoms with E-state index in [0.29, 0.717) is 24.8 Å². The van der Waals surface area contributed by atoms with Gasteiger partial charge in [-0.2, -0.15) is 0 Å². The molecule has 0 aromatic heterocycles. The minimum Gasteiger partial charge on any atom is -0.350 e. The zero-order chi connectivity index (χ0) is 15.8. The molecule has 0 fully saturated rings. The van der Waals surface area contributed by atoms with Crippen LogP contribution >= 0.6 is 15.9 Å². The van der Waals surface area contributed by atoms with E-state index in [2.05, 4.69) is 35.1 Å². The van der Waals surface area contributed by atoms with Crippen LogP contribution in [0.15, 0.2) is 28.7 Å². The highest BCUT2D eigenvalue weighted by atomic mass is 79.9. The van der Waals surface area contributed by atoms with Crippen LogP contribution in [0.5, 0.6) is 0 Å². The van der Waals surface area contributed by atoms with Crippen molar-refractivity contribution in [3.8, 4) is 0 Å². The van der Waals surface area contributed by atoms with Crippen molar-refractivity contribution >= 4 is 21.8 Å². The first-order valence-corrected chi connectivity index (χ1v) is 8.48. The third-order valence-electron chi connectivity index (χ3n) is 3.95. The Morgan fingerprint density at radius 3 is 2.57 bits per heavy atom. The van der Waals surface area contributed by atoms with Crippen molar-refractivity contribution in [3.63, 3.8) is 0 Å². The molecule has 1 aromatic carbocycles. The average Bonchev–Trinajstić information content (AvgIpc) is 2.43. The smallest absolute Gasteiger partial charge is 0.220 e. The summed E-state index contributed by atoms with van der Waals surface area (Å²) in [5, 5.41) is 3.07. The van der Waals surface area contributed by atoms with Crippen molar-refractivity contribution in [2.24, 2.45) is 17.6 Å². The molecule has 0 saturated carbocycles. The molecule has 0 spiro atoms. The summed E-state index contributed by atoms with van der Waals surface area (Å²) >= 11 is 3.46. The van der Waals surface area contributed by atoms with E-state index in [1.165, 1.54) is 0 Å². The van der Waals surface area contributed by atoms with E-state index in [-0.39, 0.29) is 11.9 Å². The van der Waals surface area contributed by atoms with Crippen molar-refractivity contribution in [2.45, 2.75) is 46.1 Å². The Kier molecular flexibility index (Phi) is 7.97. The maximum Gasteiger partial charge on any atom is 0.220 e. The van der Waals surface area contributed by atoms with Crippen LogP contribution in [-0.4, -0.2) is 12.5 Å². The molecule has 1 amide bonds. The summed E-state index contributed by atoms with van der Waals surface area (Å²) < 4.78 is 1.03. The predicted molar refractivity (Wildman–Crippen MR) is 91.9 cm³/mol. The van der Waals surface area contributed by atoms with Crippen LogP contribution in [0, 0.1) is 11.8 Å². The molecule has 1 rings (SSSR count). The van der Waals surface area contributed by atoms with Crippen LogP contribution in [0.4, 0.5) is 0 Å². The number of hydrogen-bond acceptors (Lipinski definition) is 2. The van der Waals surface area contributed by atoms with Gasteiger partial charge in [-0.3, -0.25) is 4.79 Å². The molecule has 3 N–H and O–H groups in total.